The van der Waals surface area contributed by atoms with Gasteiger partial charge in [-0.05, 0) is 39.3 Å². The molecule has 0 fully saturated rings. The van der Waals surface area contributed by atoms with E-state index >= 15 is 0 Å². The highest BCUT2D eigenvalue weighted by Gasteiger charge is 2.11. The van der Waals surface area contributed by atoms with Gasteiger partial charge in [-0.1, -0.05) is 0 Å². The lowest BCUT2D eigenvalue weighted by Crippen LogP contribution is -2.28. The van der Waals surface area contributed by atoms with Gasteiger partial charge < -0.3 is 5.32 Å². The molecule has 20 heavy (non-hydrogen) atoms. The molecular formula is C15H19N3S2. The summed E-state index contributed by atoms with van der Waals surface area (Å²) in [4.78, 5) is 8.51. The molecule has 0 aliphatic carbocycles. The average molecular weight is 305 g/mol. The van der Waals surface area contributed by atoms with Crippen molar-refractivity contribution in [2.45, 2.75) is 39.8 Å². The van der Waals surface area contributed by atoms with Crippen LogP contribution in [0.1, 0.15) is 28.1 Å². The van der Waals surface area contributed by atoms with Gasteiger partial charge in [-0.25, -0.2) is 4.98 Å². The number of rotatable bonds is 5. The molecule has 1 atom stereocenters. The number of nitrogens with zero attached hydrogens (tertiary/aromatic N) is 2. The van der Waals surface area contributed by atoms with E-state index in [0.29, 0.717) is 6.04 Å². The van der Waals surface area contributed by atoms with Crippen LogP contribution >= 0.6 is 22.7 Å². The molecule has 0 saturated carbocycles. The number of aryl methyl sites for hydroxylation is 2. The summed E-state index contributed by atoms with van der Waals surface area (Å²) in [6.07, 6.45) is 3.19. The summed E-state index contributed by atoms with van der Waals surface area (Å²) >= 11 is 3.58. The molecule has 3 rings (SSSR count). The fourth-order valence-corrected chi connectivity index (χ4v) is 4.19. The summed E-state index contributed by atoms with van der Waals surface area (Å²) in [5.41, 5.74) is 2.40. The van der Waals surface area contributed by atoms with Crippen molar-refractivity contribution in [2.75, 3.05) is 0 Å². The first-order chi connectivity index (χ1) is 9.63. The van der Waals surface area contributed by atoms with Crippen LogP contribution in [0.25, 0.3) is 4.96 Å². The van der Waals surface area contributed by atoms with Crippen LogP contribution in [0, 0.1) is 13.8 Å². The molecule has 0 saturated heterocycles. The Hall–Kier alpha value is -1.17. The Balaban J connectivity index is 1.64. The van der Waals surface area contributed by atoms with E-state index in [0.717, 1.165) is 23.6 Å². The number of fused-ring (bicyclic) bond motifs is 1. The minimum Gasteiger partial charge on any atom is -0.308 e. The van der Waals surface area contributed by atoms with Crippen LogP contribution in [0.3, 0.4) is 0 Å². The Bertz CT molecular complexity index is 708. The quantitative estimate of drug-likeness (QED) is 0.777. The zero-order chi connectivity index (χ0) is 14.1. The van der Waals surface area contributed by atoms with Crippen molar-refractivity contribution in [3.63, 3.8) is 0 Å². The van der Waals surface area contributed by atoms with Gasteiger partial charge in [0, 0.05) is 33.9 Å². The molecule has 3 aromatic rings. The molecule has 0 spiro atoms. The molecule has 0 radical (unpaired) electrons. The molecule has 1 N–H and O–H groups in total. The van der Waals surface area contributed by atoms with Crippen molar-refractivity contribution < 1.29 is 0 Å². The van der Waals surface area contributed by atoms with Crippen LogP contribution in [0.15, 0.2) is 23.7 Å². The first-order valence-electron chi connectivity index (χ1n) is 6.83. The summed E-state index contributed by atoms with van der Waals surface area (Å²) in [6, 6.07) is 4.90. The number of thiazole rings is 1. The molecule has 0 bridgehead atoms. The van der Waals surface area contributed by atoms with Crippen LogP contribution in [0.2, 0.25) is 0 Å². The second kappa shape index (κ2) is 5.68. The second-order valence-electron chi connectivity index (χ2n) is 5.20. The van der Waals surface area contributed by atoms with E-state index < -0.39 is 0 Å². The molecule has 0 aliphatic heterocycles. The van der Waals surface area contributed by atoms with Crippen LogP contribution in [-0.2, 0) is 13.0 Å². The predicted octanol–water partition coefficient (Wildman–Crippen LogP) is 3.79. The Kier molecular flexibility index (Phi) is 3.92. The molecule has 0 aliphatic rings. The molecule has 0 amide bonds. The monoisotopic (exact) mass is 305 g/mol. The van der Waals surface area contributed by atoms with E-state index in [1.807, 2.05) is 11.3 Å². The van der Waals surface area contributed by atoms with Crippen molar-refractivity contribution in [2.24, 2.45) is 0 Å². The Morgan fingerprint density at radius 1 is 1.35 bits per heavy atom. The second-order valence-corrected chi connectivity index (χ2v) is 7.44. The Morgan fingerprint density at radius 3 is 2.95 bits per heavy atom. The number of hydrogen-bond acceptors (Lipinski definition) is 4. The van der Waals surface area contributed by atoms with Gasteiger partial charge in [0.2, 0.25) is 0 Å². The molecule has 3 heterocycles. The smallest absolute Gasteiger partial charge is 0.194 e. The number of aromatic nitrogens is 2. The molecule has 1 unspecified atom stereocenters. The predicted molar refractivity (Wildman–Crippen MR) is 86.9 cm³/mol. The molecule has 3 nitrogen and oxygen atoms in total. The third-order valence-corrected chi connectivity index (χ3v) is 5.26. The lowest BCUT2D eigenvalue weighted by atomic mass is 10.2. The molecular weight excluding hydrogens is 286 g/mol. The van der Waals surface area contributed by atoms with Crippen LogP contribution in [0.4, 0.5) is 0 Å². The van der Waals surface area contributed by atoms with E-state index in [-0.39, 0.29) is 0 Å². The number of hydrogen-bond donors (Lipinski definition) is 1. The molecule has 3 aromatic heterocycles. The first-order valence-corrected chi connectivity index (χ1v) is 8.53. The van der Waals surface area contributed by atoms with E-state index in [1.165, 1.54) is 15.4 Å². The van der Waals surface area contributed by atoms with Crippen LogP contribution < -0.4 is 5.32 Å². The average Bonchev–Trinajstić information content (AvgIpc) is 3.05. The van der Waals surface area contributed by atoms with Gasteiger partial charge in [0.15, 0.2) is 4.96 Å². The first kappa shape index (κ1) is 13.8. The van der Waals surface area contributed by atoms with Gasteiger partial charge in [0.05, 0.1) is 11.4 Å². The van der Waals surface area contributed by atoms with E-state index in [1.54, 1.807) is 11.3 Å². The zero-order valence-corrected chi connectivity index (χ0v) is 13.6. The molecule has 0 aromatic carbocycles. The molecule has 5 heteroatoms. The fraction of sp³-hybridized carbons (Fsp3) is 0.400. The van der Waals surface area contributed by atoms with Crippen molar-refractivity contribution in [1.82, 2.24) is 14.7 Å². The maximum Gasteiger partial charge on any atom is 0.194 e. The van der Waals surface area contributed by atoms with Crippen molar-refractivity contribution in [1.29, 1.82) is 0 Å². The van der Waals surface area contributed by atoms with Crippen LogP contribution in [0.5, 0.6) is 0 Å². The number of nitrogens with one attached hydrogen (secondary N) is 1. The summed E-state index contributed by atoms with van der Waals surface area (Å²) in [5.74, 6) is 0. The Morgan fingerprint density at radius 2 is 2.20 bits per heavy atom. The summed E-state index contributed by atoms with van der Waals surface area (Å²) in [6.45, 7) is 7.37. The standard InChI is InChI=1S/C15H19N3S2/c1-10(8-13-5-4-11(2)20-13)16-9-14-12(3)17-15-18(14)6-7-19-15/h4-7,10,16H,8-9H2,1-3H3. The lowest BCUT2D eigenvalue weighted by Gasteiger charge is -2.12. The highest BCUT2D eigenvalue weighted by atomic mass is 32.1. The van der Waals surface area contributed by atoms with Crippen LogP contribution in [-0.4, -0.2) is 15.4 Å². The topological polar surface area (TPSA) is 29.3 Å². The van der Waals surface area contributed by atoms with E-state index in [4.69, 9.17) is 0 Å². The number of thiophene rings is 1. The highest BCUT2D eigenvalue weighted by Crippen LogP contribution is 2.18. The third-order valence-electron chi connectivity index (χ3n) is 3.48. The van der Waals surface area contributed by atoms with Gasteiger partial charge in [0.1, 0.15) is 0 Å². The van der Waals surface area contributed by atoms with Gasteiger partial charge in [-0.2, -0.15) is 0 Å². The minimum absolute atomic E-state index is 0.469. The zero-order valence-electron chi connectivity index (χ0n) is 12.0. The highest BCUT2D eigenvalue weighted by molar-refractivity contribution is 7.15. The third kappa shape index (κ3) is 2.80. The minimum atomic E-state index is 0.469. The lowest BCUT2D eigenvalue weighted by molar-refractivity contribution is 0.540. The van der Waals surface area contributed by atoms with E-state index in [2.05, 4.69) is 59.2 Å². The van der Waals surface area contributed by atoms with Gasteiger partial charge in [-0.3, -0.25) is 4.40 Å². The summed E-state index contributed by atoms with van der Waals surface area (Å²) in [5, 5.41) is 5.70. The number of imidazole rings is 1. The fourth-order valence-electron chi connectivity index (χ4n) is 2.39. The summed E-state index contributed by atoms with van der Waals surface area (Å²) < 4.78 is 2.19. The maximum atomic E-state index is 4.58. The largest absolute Gasteiger partial charge is 0.308 e. The molecule has 106 valence electrons. The van der Waals surface area contributed by atoms with Crippen molar-refractivity contribution >= 4 is 27.6 Å². The van der Waals surface area contributed by atoms with E-state index in [9.17, 15) is 0 Å². The maximum absolute atomic E-state index is 4.58. The van der Waals surface area contributed by atoms with Crippen molar-refractivity contribution in [3.05, 3.63) is 44.9 Å². The Labute approximate surface area is 127 Å². The van der Waals surface area contributed by atoms with Gasteiger partial charge in [0.25, 0.3) is 0 Å². The SMILES string of the molecule is Cc1ccc(CC(C)NCc2c(C)nc3sccn23)s1. The normalized spacial score (nSPS) is 13.2. The van der Waals surface area contributed by atoms with Gasteiger partial charge in [-0.15, -0.1) is 22.7 Å². The van der Waals surface area contributed by atoms with Gasteiger partial charge >= 0.3 is 0 Å². The summed E-state index contributed by atoms with van der Waals surface area (Å²) in [7, 11) is 0. The van der Waals surface area contributed by atoms with Crippen molar-refractivity contribution in [3.8, 4) is 0 Å².